The summed E-state index contributed by atoms with van der Waals surface area (Å²) in [6, 6.07) is 6.58. The van der Waals surface area contributed by atoms with Crippen molar-refractivity contribution in [3.05, 3.63) is 35.6 Å². The summed E-state index contributed by atoms with van der Waals surface area (Å²) in [5.41, 5.74) is 13.2. The molecule has 32 heavy (non-hydrogen) atoms. The number of nitrogens with one attached hydrogen (secondary N) is 2. The summed E-state index contributed by atoms with van der Waals surface area (Å²) in [6.07, 6.45) is 3.81. The van der Waals surface area contributed by atoms with Crippen LogP contribution in [0, 0.1) is 5.82 Å². The molecule has 1 saturated carbocycles. The van der Waals surface area contributed by atoms with E-state index in [-0.39, 0.29) is 29.3 Å². The number of fused-ring (bicyclic) bond motifs is 1. The van der Waals surface area contributed by atoms with Gasteiger partial charge in [0.15, 0.2) is 11.6 Å². The lowest BCUT2D eigenvalue weighted by Crippen LogP contribution is -2.43. The number of aromatic nitrogens is 3. The Morgan fingerprint density at radius 3 is 2.66 bits per heavy atom. The van der Waals surface area contributed by atoms with E-state index in [2.05, 4.69) is 20.7 Å². The third kappa shape index (κ3) is 4.18. The zero-order valence-corrected chi connectivity index (χ0v) is 18.5. The SMILES string of the molecule is CN(C)c1c2cc(Nc3nc(N[C@@H]4CCCC[C@@H]4N)c(F)cc3C(N)=O)ccc2nn1C. The minimum atomic E-state index is -0.767. The normalized spacial score (nSPS) is 18.5. The van der Waals surface area contributed by atoms with Gasteiger partial charge in [-0.15, -0.1) is 0 Å². The maximum absolute atomic E-state index is 14.7. The van der Waals surface area contributed by atoms with E-state index in [1.54, 1.807) is 4.68 Å². The van der Waals surface area contributed by atoms with E-state index < -0.39 is 11.7 Å². The van der Waals surface area contributed by atoms with E-state index in [1.165, 1.54) is 0 Å². The molecule has 1 amide bonds. The Bertz CT molecular complexity index is 1160. The molecule has 0 saturated heterocycles. The zero-order valence-electron chi connectivity index (χ0n) is 18.5. The lowest BCUT2D eigenvalue weighted by Gasteiger charge is -2.30. The monoisotopic (exact) mass is 440 g/mol. The average Bonchev–Trinajstić information content (AvgIpc) is 3.06. The number of carbonyl (C=O) groups excluding carboxylic acids is 1. The van der Waals surface area contributed by atoms with Crippen LogP contribution in [0.5, 0.6) is 0 Å². The number of carbonyl (C=O) groups is 1. The molecule has 0 radical (unpaired) electrons. The maximum atomic E-state index is 14.7. The quantitative estimate of drug-likeness (QED) is 0.464. The van der Waals surface area contributed by atoms with Gasteiger partial charge in [0.1, 0.15) is 11.6 Å². The van der Waals surface area contributed by atoms with Crippen molar-refractivity contribution in [2.24, 2.45) is 18.5 Å². The summed E-state index contributed by atoms with van der Waals surface area (Å²) in [6.45, 7) is 0. The van der Waals surface area contributed by atoms with Crippen molar-refractivity contribution in [3.8, 4) is 0 Å². The van der Waals surface area contributed by atoms with Crippen LogP contribution in [0.4, 0.5) is 27.5 Å². The molecule has 4 rings (SSSR count). The van der Waals surface area contributed by atoms with Crippen molar-refractivity contribution in [1.82, 2.24) is 14.8 Å². The number of pyridine rings is 1. The first-order valence-corrected chi connectivity index (χ1v) is 10.7. The average molecular weight is 441 g/mol. The van der Waals surface area contributed by atoms with Gasteiger partial charge in [-0.05, 0) is 37.1 Å². The Morgan fingerprint density at radius 1 is 1.22 bits per heavy atom. The predicted octanol–water partition coefficient (Wildman–Crippen LogP) is 2.70. The number of rotatable bonds is 6. The molecule has 6 N–H and O–H groups in total. The van der Waals surface area contributed by atoms with Gasteiger partial charge < -0.3 is 27.0 Å². The highest BCUT2D eigenvalue weighted by Gasteiger charge is 2.24. The van der Waals surface area contributed by atoms with Gasteiger partial charge in [0.25, 0.3) is 5.91 Å². The van der Waals surface area contributed by atoms with Crippen LogP contribution in [0.3, 0.4) is 0 Å². The first-order valence-electron chi connectivity index (χ1n) is 10.7. The van der Waals surface area contributed by atoms with Gasteiger partial charge in [-0.25, -0.2) is 9.37 Å². The van der Waals surface area contributed by atoms with Crippen LogP contribution in [0.2, 0.25) is 0 Å². The Labute approximate surface area is 186 Å². The molecule has 0 bridgehead atoms. The molecular formula is C22H29FN8O. The van der Waals surface area contributed by atoms with Crippen molar-refractivity contribution in [2.75, 3.05) is 29.6 Å². The number of aryl methyl sites for hydroxylation is 1. The summed E-state index contributed by atoms with van der Waals surface area (Å²) < 4.78 is 16.5. The van der Waals surface area contributed by atoms with Gasteiger partial charge in [-0.3, -0.25) is 9.48 Å². The molecule has 10 heteroatoms. The number of nitrogens with two attached hydrogens (primary N) is 2. The molecule has 9 nitrogen and oxygen atoms in total. The Hall–Kier alpha value is -3.40. The number of nitrogens with zero attached hydrogens (tertiary/aromatic N) is 4. The maximum Gasteiger partial charge on any atom is 0.252 e. The summed E-state index contributed by atoms with van der Waals surface area (Å²) in [5, 5.41) is 11.7. The lowest BCUT2D eigenvalue weighted by molar-refractivity contribution is 0.100. The molecule has 0 aliphatic heterocycles. The number of amides is 1. The van der Waals surface area contributed by atoms with E-state index in [9.17, 15) is 9.18 Å². The second kappa shape index (κ2) is 8.62. The van der Waals surface area contributed by atoms with E-state index in [1.807, 2.05) is 44.2 Å². The molecule has 1 aliphatic carbocycles. The third-order valence-electron chi connectivity index (χ3n) is 5.87. The van der Waals surface area contributed by atoms with Gasteiger partial charge in [0.05, 0.1) is 11.1 Å². The second-order valence-corrected chi connectivity index (χ2v) is 8.48. The fraction of sp³-hybridized carbons (Fsp3) is 0.409. The summed E-state index contributed by atoms with van der Waals surface area (Å²) in [4.78, 5) is 18.3. The molecule has 170 valence electrons. The molecule has 2 aromatic heterocycles. The van der Waals surface area contributed by atoms with Gasteiger partial charge in [0.2, 0.25) is 0 Å². The molecule has 0 unspecified atom stereocenters. The summed E-state index contributed by atoms with van der Waals surface area (Å²) >= 11 is 0. The largest absolute Gasteiger partial charge is 0.365 e. The number of primary amides is 1. The van der Waals surface area contributed by atoms with Crippen LogP contribution in [0.1, 0.15) is 36.0 Å². The van der Waals surface area contributed by atoms with Crippen molar-refractivity contribution in [3.63, 3.8) is 0 Å². The van der Waals surface area contributed by atoms with E-state index >= 15 is 0 Å². The van der Waals surface area contributed by atoms with Crippen molar-refractivity contribution in [2.45, 2.75) is 37.8 Å². The topological polar surface area (TPSA) is 127 Å². The molecule has 2 heterocycles. The Kier molecular flexibility index (Phi) is 5.88. The molecule has 0 spiro atoms. The van der Waals surface area contributed by atoms with Crippen LogP contribution in [-0.2, 0) is 7.05 Å². The number of halogens is 1. The predicted molar refractivity (Wildman–Crippen MR) is 125 cm³/mol. The fourth-order valence-electron chi connectivity index (χ4n) is 4.32. The van der Waals surface area contributed by atoms with Crippen LogP contribution in [-0.4, -0.2) is 46.9 Å². The third-order valence-corrected chi connectivity index (χ3v) is 5.87. The first kappa shape index (κ1) is 21.8. The van der Waals surface area contributed by atoms with Crippen molar-refractivity contribution in [1.29, 1.82) is 0 Å². The summed E-state index contributed by atoms with van der Waals surface area (Å²) in [5.74, 6) is -0.243. The van der Waals surface area contributed by atoms with Crippen LogP contribution >= 0.6 is 0 Å². The van der Waals surface area contributed by atoms with Crippen molar-refractivity contribution >= 4 is 40.0 Å². The number of hydrogen-bond donors (Lipinski definition) is 4. The lowest BCUT2D eigenvalue weighted by atomic mass is 9.91. The minimum Gasteiger partial charge on any atom is -0.365 e. The highest BCUT2D eigenvalue weighted by atomic mass is 19.1. The Balaban J connectivity index is 1.70. The molecule has 1 aliphatic rings. The zero-order chi connectivity index (χ0) is 23.0. The first-order chi connectivity index (χ1) is 15.2. The van der Waals surface area contributed by atoms with E-state index in [0.29, 0.717) is 5.69 Å². The fourth-order valence-corrected chi connectivity index (χ4v) is 4.32. The number of benzene rings is 1. The standard InChI is InChI=1S/C22H29FN8O/c1-30(2)22-13-10-12(8-9-17(13)29-31(22)3)26-20-14(19(25)32)11-15(23)21(28-20)27-18-7-5-4-6-16(18)24/h8-11,16,18H,4-7,24H2,1-3H3,(H2,25,32)(H2,26,27,28)/t16-,18+/m0/s1. The highest BCUT2D eigenvalue weighted by Crippen LogP contribution is 2.31. The van der Waals surface area contributed by atoms with Gasteiger partial charge in [-0.2, -0.15) is 5.10 Å². The smallest absolute Gasteiger partial charge is 0.252 e. The van der Waals surface area contributed by atoms with Gasteiger partial charge in [0, 0.05) is 44.3 Å². The molecule has 2 atom stereocenters. The highest BCUT2D eigenvalue weighted by molar-refractivity contribution is 5.99. The van der Waals surface area contributed by atoms with Crippen LogP contribution in [0.25, 0.3) is 10.9 Å². The Morgan fingerprint density at radius 2 is 1.97 bits per heavy atom. The molecule has 3 aromatic rings. The second-order valence-electron chi connectivity index (χ2n) is 8.48. The van der Waals surface area contributed by atoms with E-state index in [0.717, 1.165) is 48.5 Å². The van der Waals surface area contributed by atoms with E-state index in [4.69, 9.17) is 11.5 Å². The molecule has 1 aromatic carbocycles. The van der Waals surface area contributed by atoms with Gasteiger partial charge in [-0.1, -0.05) is 12.8 Å². The van der Waals surface area contributed by atoms with Crippen LogP contribution in [0.15, 0.2) is 24.3 Å². The molecular weight excluding hydrogens is 411 g/mol. The number of anilines is 4. The van der Waals surface area contributed by atoms with Crippen molar-refractivity contribution < 1.29 is 9.18 Å². The summed E-state index contributed by atoms with van der Waals surface area (Å²) in [7, 11) is 5.76. The molecule has 1 fully saturated rings. The number of hydrogen-bond acceptors (Lipinski definition) is 7. The van der Waals surface area contributed by atoms with Crippen LogP contribution < -0.4 is 27.0 Å². The van der Waals surface area contributed by atoms with Gasteiger partial charge >= 0.3 is 0 Å². The minimum absolute atomic E-state index is 0.0277.